The van der Waals surface area contributed by atoms with Gasteiger partial charge >= 0.3 is 5.97 Å². The summed E-state index contributed by atoms with van der Waals surface area (Å²) in [5, 5.41) is 18.4. The summed E-state index contributed by atoms with van der Waals surface area (Å²) in [5.74, 6) is -3.51. The summed E-state index contributed by atoms with van der Waals surface area (Å²) in [5.41, 5.74) is -1.93. The zero-order chi connectivity index (χ0) is 17.3. The van der Waals surface area contributed by atoms with Gasteiger partial charge in [0.05, 0.1) is 12.4 Å². The van der Waals surface area contributed by atoms with Gasteiger partial charge in [-0.2, -0.15) is 0 Å². The zero-order valence-corrected chi connectivity index (χ0v) is 12.2. The van der Waals surface area contributed by atoms with E-state index in [1.165, 1.54) is 36.7 Å². The van der Waals surface area contributed by atoms with Crippen LogP contribution >= 0.6 is 0 Å². The lowest BCUT2D eigenvalue weighted by atomic mass is 9.79. The van der Waals surface area contributed by atoms with Crippen molar-refractivity contribution in [3.8, 4) is 17.1 Å². The molecule has 24 heavy (non-hydrogen) atoms. The van der Waals surface area contributed by atoms with Crippen molar-refractivity contribution in [2.75, 3.05) is 0 Å². The van der Waals surface area contributed by atoms with Crippen LogP contribution in [0.15, 0.2) is 60.7 Å². The summed E-state index contributed by atoms with van der Waals surface area (Å²) in [6.45, 7) is 0. The molecule has 0 spiro atoms. The third kappa shape index (κ3) is 2.76. The second kappa shape index (κ2) is 5.84. The van der Waals surface area contributed by atoms with Crippen LogP contribution in [-0.4, -0.2) is 26.2 Å². The molecule has 1 aliphatic carbocycles. The zero-order valence-electron chi connectivity index (χ0n) is 12.2. The van der Waals surface area contributed by atoms with Crippen LogP contribution in [0.5, 0.6) is 5.75 Å². The van der Waals surface area contributed by atoms with E-state index in [0.29, 0.717) is 17.5 Å². The van der Waals surface area contributed by atoms with Crippen LogP contribution in [0.3, 0.4) is 0 Å². The monoisotopic (exact) mass is 330 g/mol. The lowest BCUT2D eigenvalue weighted by Gasteiger charge is -2.29. The first kappa shape index (κ1) is 15.8. The number of aliphatic carboxylic acids is 1. The molecule has 2 atom stereocenters. The topological polar surface area (TPSA) is 83.3 Å². The molecular formula is C17H12F2N2O3. The molecule has 7 heteroatoms. The fourth-order valence-electron chi connectivity index (χ4n) is 2.54. The Kier molecular flexibility index (Phi) is 3.84. The third-order valence-corrected chi connectivity index (χ3v) is 3.74. The first-order valence-electron chi connectivity index (χ1n) is 7.00. The fraction of sp³-hybridized carbons (Fsp3) is 0.118. The minimum absolute atomic E-state index is 0.0110. The summed E-state index contributed by atoms with van der Waals surface area (Å²) in [6, 6.07) is 5.74. The smallest absolute Gasteiger partial charge is 0.314 e. The van der Waals surface area contributed by atoms with E-state index in [1.807, 2.05) is 0 Å². The van der Waals surface area contributed by atoms with Crippen molar-refractivity contribution in [1.82, 2.24) is 9.97 Å². The van der Waals surface area contributed by atoms with Crippen molar-refractivity contribution < 1.29 is 23.8 Å². The molecule has 1 aliphatic rings. The molecule has 0 saturated heterocycles. The van der Waals surface area contributed by atoms with E-state index in [2.05, 4.69) is 9.97 Å². The number of carboxylic acid groups (broad SMARTS) is 1. The van der Waals surface area contributed by atoms with E-state index in [-0.39, 0.29) is 11.3 Å². The molecule has 1 aromatic carbocycles. The van der Waals surface area contributed by atoms with Crippen LogP contribution in [-0.2, 0) is 10.5 Å². The molecule has 1 aromatic heterocycles. The number of benzene rings is 1. The number of halogens is 2. The van der Waals surface area contributed by atoms with Crippen LogP contribution in [0, 0.1) is 5.92 Å². The summed E-state index contributed by atoms with van der Waals surface area (Å²) in [7, 11) is 0. The Labute approximate surface area is 135 Å². The maximum Gasteiger partial charge on any atom is 0.314 e. The average molecular weight is 330 g/mol. The van der Waals surface area contributed by atoms with E-state index in [1.54, 1.807) is 0 Å². The highest BCUT2D eigenvalue weighted by Gasteiger charge is 2.44. The molecule has 5 nitrogen and oxygen atoms in total. The first-order chi connectivity index (χ1) is 11.4. The highest BCUT2D eigenvalue weighted by Crippen LogP contribution is 2.41. The Morgan fingerprint density at radius 3 is 2.38 bits per heavy atom. The van der Waals surface area contributed by atoms with Gasteiger partial charge in [-0.05, 0) is 17.7 Å². The Morgan fingerprint density at radius 2 is 1.79 bits per heavy atom. The number of carbonyl (C=O) groups is 1. The molecule has 2 N–H and O–H groups in total. The second-order valence-corrected chi connectivity index (χ2v) is 5.31. The number of alkyl halides is 1. The predicted molar refractivity (Wildman–Crippen MR) is 81.4 cm³/mol. The number of aromatic nitrogens is 2. The number of carboxylic acids is 1. The summed E-state index contributed by atoms with van der Waals surface area (Å²) < 4.78 is 28.7. The minimum atomic E-state index is -2.49. The van der Waals surface area contributed by atoms with Crippen molar-refractivity contribution in [2.24, 2.45) is 5.92 Å². The van der Waals surface area contributed by atoms with Crippen LogP contribution < -0.4 is 0 Å². The fourth-order valence-corrected chi connectivity index (χ4v) is 2.54. The molecule has 0 amide bonds. The molecule has 122 valence electrons. The van der Waals surface area contributed by atoms with Gasteiger partial charge in [-0.15, -0.1) is 0 Å². The van der Waals surface area contributed by atoms with Crippen LogP contribution in [0.4, 0.5) is 8.78 Å². The van der Waals surface area contributed by atoms with E-state index >= 15 is 4.39 Å². The maximum absolute atomic E-state index is 15.2. The van der Waals surface area contributed by atoms with Crippen molar-refractivity contribution >= 4 is 5.97 Å². The van der Waals surface area contributed by atoms with E-state index in [9.17, 15) is 19.4 Å². The lowest BCUT2D eigenvalue weighted by Crippen LogP contribution is -2.35. The van der Waals surface area contributed by atoms with Gasteiger partial charge in [0.15, 0.2) is 17.2 Å². The average Bonchev–Trinajstić information content (AvgIpc) is 2.55. The number of allylic oxidation sites excluding steroid dienone is 3. The second-order valence-electron chi connectivity index (χ2n) is 5.31. The lowest BCUT2D eigenvalue weighted by molar-refractivity contribution is -0.144. The molecule has 1 heterocycles. The molecule has 2 unspecified atom stereocenters. The van der Waals surface area contributed by atoms with E-state index in [0.717, 1.165) is 12.2 Å². The highest BCUT2D eigenvalue weighted by molar-refractivity contribution is 5.76. The predicted octanol–water partition coefficient (Wildman–Crippen LogP) is 3.14. The van der Waals surface area contributed by atoms with Crippen LogP contribution in [0.2, 0.25) is 0 Å². The summed E-state index contributed by atoms with van der Waals surface area (Å²) in [4.78, 5) is 19.1. The van der Waals surface area contributed by atoms with Gasteiger partial charge in [0.1, 0.15) is 11.7 Å². The molecule has 3 rings (SSSR count). The number of hydrogen-bond donors (Lipinski definition) is 2. The van der Waals surface area contributed by atoms with Crippen LogP contribution in [0.25, 0.3) is 11.4 Å². The first-order valence-corrected chi connectivity index (χ1v) is 7.00. The van der Waals surface area contributed by atoms with Crippen molar-refractivity contribution in [3.63, 3.8) is 0 Å². The van der Waals surface area contributed by atoms with Gasteiger partial charge in [0.25, 0.3) is 0 Å². The van der Waals surface area contributed by atoms with Gasteiger partial charge in [-0.1, -0.05) is 30.3 Å². The normalized spacial score (nSPS) is 22.9. The largest absolute Gasteiger partial charge is 0.505 e. The van der Waals surface area contributed by atoms with Crippen molar-refractivity contribution in [1.29, 1.82) is 0 Å². The minimum Gasteiger partial charge on any atom is -0.505 e. The molecule has 2 aromatic rings. The standard InChI is InChI=1S/C17H12F2N2O3/c18-12-5-6-14(16(23)24)17(19,7-12)11-3-1-10(2-4-11)15-20-8-13(22)9-21-15/h1-9,14,22H,(H,23,24). The maximum atomic E-state index is 15.2. The van der Waals surface area contributed by atoms with Gasteiger partial charge in [-0.3, -0.25) is 4.79 Å². The quantitative estimate of drug-likeness (QED) is 0.903. The molecule has 0 saturated carbocycles. The highest BCUT2D eigenvalue weighted by atomic mass is 19.1. The molecular weight excluding hydrogens is 318 g/mol. The Balaban J connectivity index is 1.98. The Hall–Kier alpha value is -3.09. The van der Waals surface area contributed by atoms with Gasteiger partial charge in [0.2, 0.25) is 0 Å². The molecule has 0 aliphatic heterocycles. The van der Waals surface area contributed by atoms with E-state index in [4.69, 9.17) is 0 Å². The number of nitrogens with zero attached hydrogens (tertiary/aromatic N) is 2. The number of rotatable bonds is 3. The Morgan fingerprint density at radius 1 is 1.17 bits per heavy atom. The SMILES string of the molecule is O=C(O)C1C=CC(F)=CC1(F)c1ccc(-c2ncc(O)cn2)cc1. The third-order valence-electron chi connectivity index (χ3n) is 3.74. The van der Waals surface area contributed by atoms with Gasteiger partial charge in [0, 0.05) is 5.56 Å². The Bertz CT molecular complexity index is 832. The molecule has 0 radical (unpaired) electrons. The molecule has 0 fully saturated rings. The van der Waals surface area contributed by atoms with Crippen LogP contribution in [0.1, 0.15) is 5.56 Å². The van der Waals surface area contributed by atoms with E-state index < -0.39 is 23.4 Å². The summed E-state index contributed by atoms with van der Waals surface area (Å²) >= 11 is 0. The van der Waals surface area contributed by atoms with Gasteiger partial charge < -0.3 is 10.2 Å². The number of hydrogen-bond acceptors (Lipinski definition) is 4. The van der Waals surface area contributed by atoms with Gasteiger partial charge in [-0.25, -0.2) is 18.7 Å². The van der Waals surface area contributed by atoms with Crippen molar-refractivity contribution in [3.05, 3.63) is 66.3 Å². The summed E-state index contributed by atoms with van der Waals surface area (Å²) in [6.07, 6.45) is 5.04. The van der Waals surface area contributed by atoms with Crippen molar-refractivity contribution in [2.45, 2.75) is 5.67 Å². The molecule has 0 bridgehead atoms. The number of aromatic hydroxyl groups is 1.